The number of aromatic nitrogens is 2. The van der Waals surface area contributed by atoms with Crippen molar-refractivity contribution in [1.82, 2.24) is 20.4 Å². The predicted octanol–water partition coefficient (Wildman–Crippen LogP) is 2.13. The first-order valence-electron chi connectivity index (χ1n) is 7.20. The Bertz CT molecular complexity index is 628. The summed E-state index contributed by atoms with van der Waals surface area (Å²) in [4.78, 5) is 12.0. The number of amides is 1. The molecule has 0 aliphatic rings. The second-order valence-corrected chi connectivity index (χ2v) is 6.05. The number of carbonyl (C=O) groups is 1. The molecule has 0 saturated heterocycles. The van der Waals surface area contributed by atoms with Gasteiger partial charge in [0, 0.05) is 24.8 Å². The third-order valence-corrected chi connectivity index (χ3v) is 2.98. The number of benzene rings is 1. The Morgan fingerprint density at radius 2 is 1.86 bits per heavy atom. The first-order valence-corrected chi connectivity index (χ1v) is 7.20. The van der Waals surface area contributed by atoms with Crippen LogP contribution in [-0.2, 0) is 0 Å². The second kappa shape index (κ2) is 6.70. The van der Waals surface area contributed by atoms with Crippen molar-refractivity contribution in [3.05, 3.63) is 48.0 Å². The summed E-state index contributed by atoms with van der Waals surface area (Å²) in [6.07, 6.45) is 1.68. The van der Waals surface area contributed by atoms with Crippen molar-refractivity contribution in [1.29, 1.82) is 0 Å². The van der Waals surface area contributed by atoms with Crippen LogP contribution in [-0.4, -0.2) is 34.3 Å². The van der Waals surface area contributed by atoms with Crippen molar-refractivity contribution in [3.63, 3.8) is 0 Å². The molecule has 0 aliphatic heterocycles. The lowest BCUT2D eigenvalue weighted by Gasteiger charge is -2.20. The van der Waals surface area contributed by atoms with E-state index in [2.05, 4.69) is 36.5 Å². The van der Waals surface area contributed by atoms with E-state index in [0.717, 1.165) is 0 Å². The molecule has 1 aromatic carbocycles. The molecule has 0 fully saturated rings. The van der Waals surface area contributed by atoms with E-state index in [1.165, 1.54) is 12.1 Å². The first-order chi connectivity index (χ1) is 10.3. The molecule has 5 nitrogen and oxygen atoms in total. The Hall–Kier alpha value is -2.21. The standard InChI is InChI=1S/C16H21FN4O/c1-16(2,3)19-10-9-18-15(22)14-8-11-21(20-14)13-6-4-12(17)5-7-13/h4-8,11,19H,9-10H2,1-3H3,(H,18,22). The van der Waals surface area contributed by atoms with Gasteiger partial charge in [0.05, 0.1) is 5.69 Å². The van der Waals surface area contributed by atoms with Gasteiger partial charge in [0.2, 0.25) is 0 Å². The van der Waals surface area contributed by atoms with Crippen LogP contribution < -0.4 is 10.6 Å². The van der Waals surface area contributed by atoms with Crippen LogP contribution in [0.4, 0.5) is 4.39 Å². The van der Waals surface area contributed by atoms with Gasteiger partial charge in [-0.1, -0.05) is 0 Å². The molecule has 0 aliphatic carbocycles. The molecule has 0 bridgehead atoms. The van der Waals surface area contributed by atoms with Gasteiger partial charge in [-0.2, -0.15) is 5.10 Å². The molecule has 1 aromatic heterocycles. The lowest BCUT2D eigenvalue weighted by atomic mass is 10.1. The molecule has 0 spiro atoms. The molecule has 1 amide bonds. The normalized spacial score (nSPS) is 11.5. The molecule has 22 heavy (non-hydrogen) atoms. The van der Waals surface area contributed by atoms with Gasteiger partial charge in [-0.3, -0.25) is 4.79 Å². The van der Waals surface area contributed by atoms with Gasteiger partial charge in [-0.15, -0.1) is 0 Å². The van der Waals surface area contributed by atoms with Crippen molar-refractivity contribution in [2.45, 2.75) is 26.3 Å². The molecule has 1 heterocycles. The van der Waals surface area contributed by atoms with Crippen molar-refractivity contribution in [2.24, 2.45) is 0 Å². The largest absolute Gasteiger partial charge is 0.349 e. The number of nitrogens with one attached hydrogen (secondary N) is 2. The van der Waals surface area contributed by atoms with Gasteiger partial charge in [0.25, 0.3) is 5.91 Å². The summed E-state index contributed by atoms with van der Waals surface area (Å²) in [5.41, 5.74) is 1.06. The monoisotopic (exact) mass is 304 g/mol. The van der Waals surface area contributed by atoms with Gasteiger partial charge in [-0.05, 0) is 51.1 Å². The smallest absolute Gasteiger partial charge is 0.271 e. The minimum Gasteiger partial charge on any atom is -0.349 e. The van der Waals surface area contributed by atoms with Crippen molar-refractivity contribution in [3.8, 4) is 5.69 Å². The zero-order valence-corrected chi connectivity index (χ0v) is 13.1. The van der Waals surface area contributed by atoms with E-state index >= 15 is 0 Å². The van der Waals surface area contributed by atoms with Gasteiger partial charge in [0.1, 0.15) is 5.82 Å². The molecule has 2 aromatic rings. The molecule has 0 saturated carbocycles. The summed E-state index contributed by atoms with van der Waals surface area (Å²) in [6, 6.07) is 7.56. The Morgan fingerprint density at radius 1 is 1.18 bits per heavy atom. The molecule has 0 atom stereocenters. The van der Waals surface area contributed by atoms with E-state index < -0.39 is 0 Å². The quantitative estimate of drug-likeness (QED) is 0.832. The van der Waals surface area contributed by atoms with Crippen LogP contribution in [0.25, 0.3) is 5.69 Å². The summed E-state index contributed by atoms with van der Waals surface area (Å²) in [6.45, 7) is 7.42. The maximum Gasteiger partial charge on any atom is 0.271 e. The van der Waals surface area contributed by atoms with Crippen LogP contribution in [0.2, 0.25) is 0 Å². The number of hydrogen-bond donors (Lipinski definition) is 2. The van der Waals surface area contributed by atoms with Crippen LogP contribution in [0.3, 0.4) is 0 Å². The minimum absolute atomic E-state index is 0.0227. The lowest BCUT2D eigenvalue weighted by Crippen LogP contribution is -2.41. The fraction of sp³-hybridized carbons (Fsp3) is 0.375. The highest BCUT2D eigenvalue weighted by Crippen LogP contribution is 2.08. The van der Waals surface area contributed by atoms with Gasteiger partial charge >= 0.3 is 0 Å². The Morgan fingerprint density at radius 3 is 2.50 bits per heavy atom. The van der Waals surface area contributed by atoms with Crippen LogP contribution in [0.5, 0.6) is 0 Å². The summed E-state index contributed by atoms with van der Waals surface area (Å²) in [7, 11) is 0. The molecule has 0 unspecified atom stereocenters. The van der Waals surface area contributed by atoms with Crippen molar-refractivity contribution in [2.75, 3.05) is 13.1 Å². The summed E-state index contributed by atoms with van der Waals surface area (Å²) in [5, 5.41) is 10.3. The molecular formula is C16H21FN4O. The van der Waals surface area contributed by atoms with E-state index in [1.54, 1.807) is 29.1 Å². The summed E-state index contributed by atoms with van der Waals surface area (Å²) < 4.78 is 14.4. The van der Waals surface area contributed by atoms with E-state index in [-0.39, 0.29) is 17.3 Å². The van der Waals surface area contributed by atoms with Crippen LogP contribution in [0.15, 0.2) is 36.5 Å². The SMILES string of the molecule is CC(C)(C)NCCNC(=O)c1ccn(-c2ccc(F)cc2)n1. The molecule has 2 N–H and O–H groups in total. The third-order valence-electron chi connectivity index (χ3n) is 2.98. The predicted molar refractivity (Wildman–Crippen MR) is 83.6 cm³/mol. The number of carbonyl (C=O) groups excluding carboxylic acids is 1. The average Bonchev–Trinajstić information content (AvgIpc) is 2.93. The van der Waals surface area contributed by atoms with E-state index in [4.69, 9.17) is 0 Å². The number of hydrogen-bond acceptors (Lipinski definition) is 3. The Balaban J connectivity index is 1.90. The zero-order valence-electron chi connectivity index (χ0n) is 13.1. The first kappa shape index (κ1) is 16.2. The van der Waals surface area contributed by atoms with E-state index in [1.807, 2.05) is 0 Å². The lowest BCUT2D eigenvalue weighted by molar-refractivity contribution is 0.0947. The minimum atomic E-state index is -0.305. The van der Waals surface area contributed by atoms with Crippen molar-refractivity contribution >= 4 is 5.91 Å². The molecule has 0 radical (unpaired) electrons. The zero-order chi connectivity index (χ0) is 16.2. The fourth-order valence-corrected chi connectivity index (χ4v) is 1.89. The van der Waals surface area contributed by atoms with E-state index in [0.29, 0.717) is 24.5 Å². The number of halogens is 1. The fourth-order valence-electron chi connectivity index (χ4n) is 1.89. The average molecular weight is 304 g/mol. The van der Waals surface area contributed by atoms with Crippen LogP contribution in [0.1, 0.15) is 31.3 Å². The maximum atomic E-state index is 12.9. The molecule has 118 valence electrons. The highest BCUT2D eigenvalue weighted by Gasteiger charge is 2.11. The summed E-state index contributed by atoms with van der Waals surface area (Å²) in [5.74, 6) is -0.531. The topological polar surface area (TPSA) is 58.9 Å². The van der Waals surface area contributed by atoms with Gasteiger partial charge in [-0.25, -0.2) is 9.07 Å². The van der Waals surface area contributed by atoms with Crippen LogP contribution in [0, 0.1) is 5.82 Å². The maximum absolute atomic E-state index is 12.9. The van der Waals surface area contributed by atoms with Crippen LogP contribution >= 0.6 is 0 Å². The molecule has 6 heteroatoms. The summed E-state index contributed by atoms with van der Waals surface area (Å²) >= 11 is 0. The number of nitrogens with zero attached hydrogens (tertiary/aromatic N) is 2. The van der Waals surface area contributed by atoms with Gasteiger partial charge in [0.15, 0.2) is 5.69 Å². The second-order valence-electron chi connectivity index (χ2n) is 6.05. The van der Waals surface area contributed by atoms with Crippen molar-refractivity contribution < 1.29 is 9.18 Å². The highest BCUT2D eigenvalue weighted by atomic mass is 19.1. The van der Waals surface area contributed by atoms with Gasteiger partial charge < -0.3 is 10.6 Å². The third kappa shape index (κ3) is 4.66. The van der Waals surface area contributed by atoms with E-state index in [9.17, 15) is 9.18 Å². The molecule has 2 rings (SSSR count). The number of rotatable bonds is 5. The Kier molecular flexibility index (Phi) is 4.92. The Labute approximate surface area is 129 Å². The highest BCUT2D eigenvalue weighted by molar-refractivity contribution is 5.92. The molecular weight excluding hydrogens is 283 g/mol.